The molecule has 0 aromatic heterocycles. The summed E-state index contributed by atoms with van der Waals surface area (Å²) in [7, 11) is 0. The molecule has 11 nitrogen and oxygen atoms in total. The monoisotopic (exact) mass is 530 g/mol. The third-order valence-electron chi connectivity index (χ3n) is 7.53. The number of carbonyl (C=O) groups excluding carboxylic acids is 4. The van der Waals surface area contributed by atoms with E-state index in [-0.39, 0.29) is 46.6 Å². The normalized spacial score (nSPS) is 27.2. The Labute approximate surface area is 218 Å². The number of hydrogen-bond donors (Lipinski definition) is 4. The molecule has 2 fully saturated rings. The average molecular weight is 530 g/mol. The van der Waals surface area contributed by atoms with Crippen molar-refractivity contribution in [2.45, 2.75) is 12.8 Å². The maximum atomic E-state index is 12.9. The van der Waals surface area contributed by atoms with Crippen LogP contribution in [0.1, 0.15) is 54.3 Å². The van der Waals surface area contributed by atoms with Gasteiger partial charge in [0.05, 0.1) is 11.8 Å². The predicted octanol–water partition coefficient (Wildman–Crippen LogP) is 3.30. The van der Waals surface area contributed by atoms with Crippen LogP contribution >= 0.6 is 0 Å². The molecule has 4 aliphatic rings. The van der Waals surface area contributed by atoms with Gasteiger partial charge in [0.15, 0.2) is 0 Å². The van der Waals surface area contributed by atoms with Gasteiger partial charge in [-0.2, -0.15) is 0 Å². The highest BCUT2D eigenvalue weighted by Gasteiger charge is 2.51. The molecule has 0 saturated heterocycles. The van der Waals surface area contributed by atoms with Crippen LogP contribution in [0.4, 0.5) is 0 Å². The van der Waals surface area contributed by atoms with Gasteiger partial charge in [-0.1, -0.05) is 0 Å². The first-order valence-corrected chi connectivity index (χ1v) is 12.0. The smallest absolute Gasteiger partial charge is 0.307 e. The largest absolute Gasteiger partial charge is 0.511 e. The number of ether oxygens (including phenoxy) is 1. The topological polar surface area (TPSA) is 193 Å². The molecule has 0 heterocycles. The molecule has 0 amide bonds. The van der Waals surface area contributed by atoms with Crippen molar-refractivity contribution in [2.75, 3.05) is 0 Å². The molecule has 4 atom stereocenters. The van der Waals surface area contributed by atoms with Crippen molar-refractivity contribution in [1.29, 1.82) is 0 Å². The van der Waals surface area contributed by atoms with Gasteiger partial charge in [-0.25, -0.2) is 0 Å². The Hall–Kier alpha value is -5.06. The van der Waals surface area contributed by atoms with E-state index in [0.717, 1.165) is 0 Å². The van der Waals surface area contributed by atoms with Crippen LogP contribution in [0.15, 0.2) is 59.1 Å². The number of carboxylic acids is 2. The Morgan fingerprint density at radius 1 is 0.564 bits per heavy atom. The molecule has 4 aliphatic carbocycles. The first kappa shape index (κ1) is 24.3. The van der Waals surface area contributed by atoms with Crippen LogP contribution in [0.3, 0.4) is 0 Å². The molecule has 2 saturated carbocycles. The molecule has 11 heteroatoms. The lowest BCUT2D eigenvalue weighted by Gasteiger charge is -2.08. The van der Waals surface area contributed by atoms with Crippen LogP contribution in [0.25, 0.3) is 0 Å². The number of carboxylic acid groups (broad SMARTS) is 2. The average Bonchev–Trinajstić information content (AvgIpc) is 3.80. The van der Waals surface area contributed by atoms with Gasteiger partial charge in [-0.3, -0.25) is 28.8 Å². The van der Waals surface area contributed by atoms with E-state index in [1.54, 1.807) is 0 Å². The Morgan fingerprint density at radius 2 is 0.923 bits per heavy atom. The van der Waals surface area contributed by atoms with Crippen LogP contribution in [0.2, 0.25) is 0 Å². The fourth-order valence-electron chi connectivity index (χ4n) is 5.20. The Balaban J connectivity index is 1.25. The maximum Gasteiger partial charge on any atom is 0.307 e. The van der Waals surface area contributed by atoms with Gasteiger partial charge in [-0.15, -0.1) is 0 Å². The third kappa shape index (κ3) is 3.65. The van der Waals surface area contributed by atoms with E-state index < -0.39 is 81.4 Å². The zero-order valence-electron chi connectivity index (χ0n) is 19.8. The summed E-state index contributed by atoms with van der Waals surface area (Å²) in [5, 5.41) is 39.0. The number of rotatable bonds is 6. The second-order valence-corrected chi connectivity index (χ2v) is 9.93. The first-order chi connectivity index (χ1) is 18.5. The van der Waals surface area contributed by atoms with Gasteiger partial charge in [0.2, 0.25) is 23.1 Å². The predicted molar refractivity (Wildman–Crippen MR) is 128 cm³/mol. The standard InChI is InChI=1S/C28H18O11/c29-21-11-3-1-9(5-13(11)23(31)19(21)25(33)15-7-17(15)27(35)36)39-10-2-4-12-14(6-10)24(32)20(22(12)30)26(34)16-8-18(16)28(37)38/h1-6,15-18,33-34H,7-8H2,(H,35,36)(H,37,38)/t15-,16-,17-,18-/m1/s1. The van der Waals surface area contributed by atoms with Crippen molar-refractivity contribution in [1.82, 2.24) is 0 Å². The van der Waals surface area contributed by atoms with Crippen LogP contribution in [0.5, 0.6) is 11.5 Å². The quantitative estimate of drug-likeness (QED) is 0.243. The number of ketones is 4. The van der Waals surface area contributed by atoms with Crippen molar-refractivity contribution < 1.29 is 53.9 Å². The van der Waals surface area contributed by atoms with Crippen LogP contribution in [0, 0.1) is 23.7 Å². The molecule has 6 rings (SSSR count). The third-order valence-corrected chi connectivity index (χ3v) is 7.53. The minimum atomic E-state index is -1.12. The fraction of sp³-hybridized carbons (Fsp3) is 0.214. The van der Waals surface area contributed by atoms with E-state index in [1.807, 2.05) is 0 Å². The van der Waals surface area contributed by atoms with Gasteiger partial charge in [0.1, 0.15) is 34.2 Å². The molecule has 2 aromatic rings. The number of hydrogen-bond acceptors (Lipinski definition) is 9. The van der Waals surface area contributed by atoms with Crippen molar-refractivity contribution >= 4 is 35.1 Å². The van der Waals surface area contributed by atoms with Crippen molar-refractivity contribution in [3.05, 3.63) is 81.3 Å². The highest BCUT2D eigenvalue weighted by molar-refractivity contribution is 6.40. The number of benzene rings is 2. The summed E-state index contributed by atoms with van der Waals surface area (Å²) in [5.74, 6) is -9.32. The van der Waals surface area contributed by atoms with Crippen molar-refractivity contribution in [3.63, 3.8) is 0 Å². The van der Waals surface area contributed by atoms with Crippen molar-refractivity contribution in [3.8, 4) is 11.5 Å². The number of Topliss-reactive ketones (excluding diaryl/α,β-unsaturated/α-hetero) is 4. The molecule has 0 aliphatic heterocycles. The number of aliphatic hydroxyl groups is 2. The highest BCUT2D eigenvalue weighted by atomic mass is 16.5. The van der Waals surface area contributed by atoms with Crippen LogP contribution in [-0.2, 0) is 9.59 Å². The van der Waals surface area contributed by atoms with Gasteiger partial charge in [0.25, 0.3) is 0 Å². The van der Waals surface area contributed by atoms with Gasteiger partial charge in [-0.05, 0) is 49.2 Å². The molecule has 4 N–H and O–H groups in total. The van der Waals surface area contributed by atoms with E-state index in [9.17, 15) is 39.0 Å². The molecular formula is C28H18O11. The van der Waals surface area contributed by atoms with Crippen molar-refractivity contribution in [2.24, 2.45) is 23.7 Å². The maximum absolute atomic E-state index is 12.9. The van der Waals surface area contributed by atoms with E-state index in [1.165, 1.54) is 36.4 Å². The molecule has 0 spiro atoms. The van der Waals surface area contributed by atoms with E-state index in [0.29, 0.717) is 0 Å². The Bertz CT molecular complexity index is 1540. The summed E-state index contributed by atoms with van der Waals surface area (Å²) < 4.78 is 5.76. The Morgan fingerprint density at radius 3 is 1.26 bits per heavy atom. The van der Waals surface area contributed by atoms with Crippen LogP contribution < -0.4 is 4.74 Å². The van der Waals surface area contributed by atoms with Gasteiger partial charge >= 0.3 is 11.9 Å². The van der Waals surface area contributed by atoms with E-state index in [2.05, 4.69) is 0 Å². The molecular weight excluding hydrogens is 512 g/mol. The second-order valence-electron chi connectivity index (χ2n) is 9.93. The molecule has 0 unspecified atom stereocenters. The number of aliphatic hydroxyl groups excluding tert-OH is 2. The van der Waals surface area contributed by atoms with Gasteiger partial charge in [0, 0.05) is 34.1 Å². The molecule has 39 heavy (non-hydrogen) atoms. The first-order valence-electron chi connectivity index (χ1n) is 12.0. The molecule has 2 aromatic carbocycles. The summed E-state index contributed by atoms with van der Waals surface area (Å²) in [4.78, 5) is 73.6. The summed E-state index contributed by atoms with van der Waals surface area (Å²) >= 11 is 0. The molecule has 0 bridgehead atoms. The lowest BCUT2D eigenvalue weighted by atomic mass is 10.1. The highest BCUT2D eigenvalue weighted by Crippen LogP contribution is 2.47. The van der Waals surface area contributed by atoms with E-state index in [4.69, 9.17) is 14.9 Å². The number of aliphatic carboxylic acids is 2. The Kier molecular flexibility index (Phi) is 5.12. The van der Waals surface area contributed by atoms with Gasteiger partial charge < -0.3 is 25.2 Å². The summed E-state index contributed by atoms with van der Waals surface area (Å²) in [6.45, 7) is 0. The minimum absolute atomic E-state index is 0.0288. The number of carbonyl (C=O) groups is 6. The number of allylic oxidation sites excluding steroid dienone is 4. The molecule has 0 radical (unpaired) electrons. The van der Waals surface area contributed by atoms with Crippen LogP contribution in [-0.4, -0.2) is 55.5 Å². The lowest BCUT2D eigenvalue weighted by Crippen LogP contribution is -2.09. The lowest BCUT2D eigenvalue weighted by molar-refractivity contribution is -0.139. The summed E-state index contributed by atoms with van der Waals surface area (Å²) in [5.41, 5.74) is -0.935. The zero-order chi connectivity index (χ0) is 27.9. The van der Waals surface area contributed by atoms with E-state index >= 15 is 0 Å². The fourth-order valence-corrected chi connectivity index (χ4v) is 5.20. The summed E-state index contributed by atoms with van der Waals surface area (Å²) in [6.07, 6.45) is 0.260. The SMILES string of the molecule is O=C1C(=C(O)[C@@H]2C[C@H]2C(=O)O)C(=O)c2cc(Oc3ccc4c(c3)C(=O)C(=C(O)[C@@H]3C[C@H]3C(=O)O)C4=O)ccc21. The zero-order valence-corrected chi connectivity index (χ0v) is 19.8. The second kappa shape index (κ2) is 8.22. The number of fused-ring (bicyclic) bond motifs is 2. The minimum Gasteiger partial charge on any atom is -0.511 e. The summed E-state index contributed by atoms with van der Waals surface area (Å²) in [6, 6.07) is 8.04. The molecule has 196 valence electrons.